The summed E-state index contributed by atoms with van der Waals surface area (Å²) in [6.45, 7) is -0.117. The van der Waals surface area contributed by atoms with Gasteiger partial charge in [-0.05, 0) is 31.0 Å². The van der Waals surface area contributed by atoms with E-state index in [1.165, 1.54) is 7.05 Å². The van der Waals surface area contributed by atoms with Gasteiger partial charge in [-0.2, -0.15) is 0 Å². The highest BCUT2D eigenvalue weighted by Crippen LogP contribution is 2.23. The number of hydrogen-bond acceptors (Lipinski definition) is 5. The van der Waals surface area contributed by atoms with Gasteiger partial charge in [0.25, 0.3) is 0 Å². The third-order valence-electron chi connectivity index (χ3n) is 4.26. The molecule has 146 valence electrons. The van der Waals surface area contributed by atoms with Crippen LogP contribution in [0.4, 0.5) is 8.78 Å². The zero-order chi connectivity index (χ0) is 19.5. The van der Waals surface area contributed by atoms with Gasteiger partial charge in [0, 0.05) is 25.7 Å². The van der Waals surface area contributed by atoms with Gasteiger partial charge < -0.3 is 5.32 Å². The average Bonchev–Trinajstić information content (AvgIpc) is 2.57. The van der Waals surface area contributed by atoms with Gasteiger partial charge in [0.05, 0.1) is 11.0 Å². The predicted octanol–water partition coefficient (Wildman–Crippen LogP) is 0.420. The summed E-state index contributed by atoms with van der Waals surface area (Å²) < 4.78 is 77.1. The monoisotopic (exact) mass is 410 g/mol. The Labute approximate surface area is 151 Å². The second-order valence-electron chi connectivity index (χ2n) is 6.07. The van der Waals surface area contributed by atoms with Crippen molar-refractivity contribution in [2.45, 2.75) is 23.8 Å². The largest absolute Gasteiger partial charge is 0.358 e. The van der Waals surface area contributed by atoms with Gasteiger partial charge >= 0.3 is 0 Å². The first-order valence-electron chi connectivity index (χ1n) is 7.89. The minimum absolute atomic E-state index is 0.0458. The zero-order valence-corrected chi connectivity index (χ0v) is 15.7. The van der Waals surface area contributed by atoms with Crippen molar-refractivity contribution in [3.8, 4) is 0 Å². The summed E-state index contributed by atoms with van der Waals surface area (Å²) in [5.74, 6) is -3.53. The predicted molar refractivity (Wildman–Crippen MR) is 91.4 cm³/mol. The number of sulfone groups is 1. The molecule has 2 rings (SSSR count). The molecule has 11 heteroatoms. The van der Waals surface area contributed by atoms with Crippen molar-refractivity contribution in [3.63, 3.8) is 0 Å². The number of piperidine rings is 1. The summed E-state index contributed by atoms with van der Waals surface area (Å²) in [4.78, 5) is 11.3. The van der Waals surface area contributed by atoms with Crippen molar-refractivity contribution in [3.05, 3.63) is 35.4 Å². The Morgan fingerprint density at radius 1 is 1.19 bits per heavy atom. The summed E-state index contributed by atoms with van der Waals surface area (Å²) >= 11 is 0. The number of carbonyl (C=O) groups excluding carboxylic acids is 1. The molecule has 0 aromatic heterocycles. The molecule has 1 aromatic carbocycles. The van der Waals surface area contributed by atoms with Gasteiger partial charge in [-0.25, -0.2) is 29.9 Å². The number of nitrogens with one attached hydrogen (secondary N) is 1. The lowest BCUT2D eigenvalue weighted by molar-refractivity contribution is -0.118. The molecular formula is C15H20F2N2O5S2. The van der Waals surface area contributed by atoms with E-state index >= 15 is 0 Å². The molecule has 0 bridgehead atoms. The fourth-order valence-electron chi connectivity index (χ4n) is 2.78. The highest BCUT2D eigenvalue weighted by atomic mass is 32.2. The van der Waals surface area contributed by atoms with Crippen LogP contribution < -0.4 is 5.32 Å². The Hall–Kier alpha value is -1.59. The van der Waals surface area contributed by atoms with E-state index in [1.54, 1.807) is 0 Å². The van der Waals surface area contributed by atoms with E-state index in [9.17, 15) is 30.4 Å². The van der Waals surface area contributed by atoms with E-state index in [1.807, 2.05) is 0 Å². The van der Waals surface area contributed by atoms with Crippen LogP contribution in [0.2, 0.25) is 0 Å². The molecule has 1 aliphatic rings. The molecule has 0 unspecified atom stereocenters. The molecule has 1 fully saturated rings. The maximum atomic E-state index is 13.7. The van der Waals surface area contributed by atoms with Crippen molar-refractivity contribution < 1.29 is 30.4 Å². The van der Waals surface area contributed by atoms with Crippen LogP contribution in [0.5, 0.6) is 0 Å². The number of hydrogen-bond donors (Lipinski definition) is 1. The summed E-state index contributed by atoms with van der Waals surface area (Å²) in [5.41, 5.74) is -0.278. The minimum atomic E-state index is -3.92. The van der Waals surface area contributed by atoms with E-state index in [0.717, 1.165) is 22.5 Å². The van der Waals surface area contributed by atoms with Crippen LogP contribution in [0.1, 0.15) is 18.4 Å². The molecule has 1 N–H and O–H groups in total. The molecule has 1 heterocycles. The minimum Gasteiger partial charge on any atom is -0.358 e. The van der Waals surface area contributed by atoms with E-state index in [2.05, 4.69) is 5.32 Å². The Balaban J connectivity index is 2.04. The van der Waals surface area contributed by atoms with Crippen LogP contribution in [0.3, 0.4) is 0 Å². The van der Waals surface area contributed by atoms with Crippen molar-refractivity contribution in [1.82, 2.24) is 9.62 Å². The second-order valence-corrected chi connectivity index (χ2v) is 10.3. The van der Waals surface area contributed by atoms with Crippen LogP contribution in [-0.2, 0) is 30.4 Å². The standard InChI is InChI=1S/C15H20F2N2O5S2/c1-18-15(20)10-25(21,22)13-4-6-19(7-5-13)26(23,24)9-11-8-12(16)2-3-14(11)17/h2-3,8,13H,4-7,9-10H2,1H3,(H,18,20). The van der Waals surface area contributed by atoms with Crippen LogP contribution >= 0.6 is 0 Å². The maximum absolute atomic E-state index is 13.7. The molecule has 1 saturated heterocycles. The summed E-state index contributed by atoms with van der Waals surface area (Å²) in [7, 11) is -6.27. The van der Waals surface area contributed by atoms with E-state index in [0.29, 0.717) is 0 Å². The summed E-state index contributed by atoms with van der Waals surface area (Å²) in [6, 6.07) is 2.58. The number of carbonyl (C=O) groups is 1. The molecule has 0 atom stereocenters. The first-order chi connectivity index (χ1) is 12.0. The fourth-order valence-corrected chi connectivity index (χ4v) is 6.02. The van der Waals surface area contributed by atoms with Gasteiger partial charge in [-0.3, -0.25) is 4.79 Å². The first-order valence-corrected chi connectivity index (χ1v) is 11.2. The van der Waals surface area contributed by atoms with Crippen molar-refractivity contribution in [2.75, 3.05) is 25.9 Å². The van der Waals surface area contributed by atoms with Crippen molar-refractivity contribution >= 4 is 25.8 Å². The topological polar surface area (TPSA) is 101 Å². The van der Waals surface area contributed by atoms with E-state index < -0.39 is 54.2 Å². The highest BCUT2D eigenvalue weighted by molar-refractivity contribution is 7.92. The van der Waals surface area contributed by atoms with Gasteiger partial charge in [0.1, 0.15) is 17.4 Å². The Morgan fingerprint density at radius 2 is 1.81 bits per heavy atom. The van der Waals surface area contributed by atoms with Crippen LogP contribution in [0.15, 0.2) is 18.2 Å². The van der Waals surface area contributed by atoms with E-state index in [4.69, 9.17) is 0 Å². The second kappa shape index (κ2) is 7.97. The van der Waals surface area contributed by atoms with Gasteiger partial charge in [0.2, 0.25) is 15.9 Å². The molecule has 1 aromatic rings. The van der Waals surface area contributed by atoms with E-state index in [-0.39, 0.29) is 31.5 Å². The fraction of sp³-hybridized carbons (Fsp3) is 0.533. The normalized spacial score (nSPS) is 17.2. The molecule has 7 nitrogen and oxygen atoms in total. The highest BCUT2D eigenvalue weighted by Gasteiger charge is 2.35. The number of nitrogens with zero attached hydrogens (tertiary/aromatic N) is 1. The quantitative estimate of drug-likeness (QED) is 0.733. The summed E-state index contributed by atoms with van der Waals surface area (Å²) in [6.07, 6.45) is 0.0916. The number of benzene rings is 1. The SMILES string of the molecule is CNC(=O)CS(=O)(=O)C1CCN(S(=O)(=O)Cc2cc(F)ccc2F)CC1. The number of halogens is 2. The molecule has 0 radical (unpaired) electrons. The van der Waals surface area contributed by atoms with Crippen molar-refractivity contribution in [1.29, 1.82) is 0 Å². The van der Waals surface area contributed by atoms with Crippen LogP contribution in [-0.4, -0.2) is 58.2 Å². The molecule has 0 aliphatic carbocycles. The lowest BCUT2D eigenvalue weighted by Crippen LogP contribution is -2.44. The number of sulfonamides is 1. The molecular weight excluding hydrogens is 390 g/mol. The third-order valence-corrected chi connectivity index (χ3v) is 8.24. The molecule has 1 aliphatic heterocycles. The third kappa shape index (κ3) is 4.98. The molecule has 0 spiro atoms. The average molecular weight is 410 g/mol. The van der Waals surface area contributed by atoms with Crippen molar-refractivity contribution in [2.24, 2.45) is 0 Å². The Kier molecular flexibility index (Phi) is 6.35. The van der Waals surface area contributed by atoms with Crippen LogP contribution in [0.25, 0.3) is 0 Å². The smallest absolute Gasteiger partial charge is 0.234 e. The van der Waals surface area contributed by atoms with Gasteiger partial charge in [0.15, 0.2) is 9.84 Å². The summed E-state index contributed by atoms with van der Waals surface area (Å²) in [5, 5.41) is 1.43. The van der Waals surface area contributed by atoms with Gasteiger partial charge in [-0.15, -0.1) is 0 Å². The lowest BCUT2D eigenvalue weighted by atomic mass is 10.2. The number of amides is 1. The zero-order valence-electron chi connectivity index (χ0n) is 14.1. The molecule has 26 heavy (non-hydrogen) atoms. The number of rotatable bonds is 6. The lowest BCUT2D eigenvalue weighted by Gasteiger charge is -2.30. The Morgan fingerprint density at radius 3 is 2.38 bits per heavy atom. The Bertz CT molecular complexity index is 879. The molecule has 0 saturated carbocycles. The van der Waals surface area contributed by atoms with Crippen LogP contribution in [0, 0.1) is 11.6 Å². The maximum Gasteiger partial charge on any atom is 0.234 e. The first kappa shape index (κ1) is 20.7. The molecule has 1 amide bonds. The van der Waals surface area contributed by atoms with Gasteiger partial charge in [-0.1, -0.05) is 0 Å².